The number of nitrogens with two attached hydrogens (primary N) is 2. The topological polar surface area (TPSA) is 87.6 Å². The molecule has 1 unspecified atom stereocenters. The fourth-order valence-corrected chi connectivity index (χ4v) is 0.598. The molecule has 5 heteroatoms. The van der Waals surface area contributed by atoms with Crippen molar-refractivity contribution in [2.24, 2.45) is 11.5 Å². The maximum absolute atomic E-state index is 10.4. The molecule has 0 aromatic rings. The fraction of sp³-hybridized carbons (Fsp3) is 0.857. The predicted molar refractivity (Wildman–Crippen MR) is 44.5 cm³/mol. The zero-order valence-corrected chi connectivity index (χ0v) is 7.29. The van der Waals surface area contributed by atoms with Crippen LogP contribution in [0.2, 0.25) is 0 Å². The second-order valence-electron chi connectivity index (χ2n) is 2.43. The van der Waals surface area contributed by atoms with Crippen molar-refractivity contribution in [2.45, 2.75) is 12.5 Å². The standard InChI is InChI=1S/C7H16N2O3/c1-11-3-2-4-12-5-6(8)7(9)10/h6H,2-5,8H2,1H3,(H2,9,10). The van der Waals surface area contributed by atoms with Gasteiger partial charge < -0.3 is 20.9 Å². The molecule has 0 rings (SSSR count). The molecule has 72 valence electrons. The Morgan fingerprint density at radius 2 is 2.17 bits per heavy atom. The monoisotopic (exact) mass is 176 g/mol. The lowest BCUT2D eigenvalue weighted by Gasteiger charge is -2.07. The molecule has 0 heterocycles. The van der Waals surface area contributed by atoms with E-state index >= 15 is 0 Å². The summed E-state index contributed by atoms with van der Waals surface area (Å²) in [6.07, 6.45) is 0.794. The summed E-state index contributed by atoms with van der Waals surface area (Å²) in [7, 11) is 1.62. The summed E-state index contributed by atoms with van der Waals surface area (Å²) in [6, 6.07) is -0.701. The Morgan fingerprint density at radius 1 is 1.50 bits per heavy atom. The van der Waals surface area contributed by atoms with Crippen LogP contribution in [-0.4, -0.2) is 38.9 Å². The van der Waals surface area contributed by atoms with E-state index in [0.717, 1.165) is 6.42 Å². The van der Waals surface area contributed by atoms with E-state index in [1.807, 2.05) is 0 Å². The van der Waals surface area contributed by atoms with Crippen LogP contribution in [0.25, 0.3) is 0 Å². The number of carbonyl (C=O) groups excluding carboxylic acids is 1. The van der Waals surface area contributed by atoms with Crippen molar-refractivity contribution in [1.29, 1.82) is 0 Å². The third kappa shape index (κ3) is 6.09. The summed E-state index contributed by atoms with van der Waals surface area (Å²) >= 11 is 0. The number of rotatable bonds is 7. The van der Waals surface area contributed by atoms with Gasteiger partial charge in [0.1, 0.15) is 6.04 Å². The summed E-state index contributed by atoms with van der Waals surface area (Å²) in [5.74, 6) is -0.540. The molecule has 0 aromatic carbocycles. The Labute approximate surface area is 72.0 Å². The van der Waals surface area contributed by atoms with Crippen LogP contribution in [0.3, 0.4) is 0 Å². The van der Waals surface area contributed by atoms with Crippen molar-refractivity contribution >= 4 is 5.91 Å². The maximum Gasteiger partial charge on any atom is 0.236 e. The van der Waals surface area contributed by atoms with Crippen molar-refractivity contribution in [3.63, 3.8) is 0 Å². The van der Waals surface area contributed by atoms with E-state index in [-0.39, 0.29) is 6.61 Å². The van der Waals surface area contributed by atoms with Crippen LogP contribution in [0.1, 0.15) is 6.42 Å². The minimum absolute atomic E-state index is 0.180. The van der Waals surface area contributed by atoms with E-state index in [0.29, 0.717) is 13.2 Å². The number of methoxy groups -OCH3 is 1. The summed E-state index contributed by atoms with van der Waals surface area (Å²) < 4.78 is 9.85. The lowest BCUT2D eigenvalue weighted by Crippen LogP contribution is -2.40. The summed E-state index contributed by atoms with van der Waals surface area (Å²) in [6.45, 7) is 1.36. The average molecular weight is 176 g/mol. The molecule has 4 N–H and O–H groups in total. The van der Waals surface area contributed by atoms with Gasteiger partial charge in [-0.2, -0.15) is 0 Å². The van der Waals surface area contributed by atoms with E-state index in [1.165, 1.54) is 0 Å². The Bertz CT molecular complexity index is 130. The molecule has 0 aliphatic rings. The molecule has 5 nitrogen and oxygen atoms in total. The highest BCUT2D eigenvalue weighted by molar-refractivity contribution is 5.79. The van der Waals surface area contributed by atoms with Gasteiger partial charge in [-0.05, 0) is 6.42 Å². The number of ether oxygens (including phenoxy) is 2. The third-order valence-electron chi connectivity index (χ3n) is 1.30. The molecule has 0 saturated carbocycles. The number of amides is 1. The number of primary amides is 1. The van der Waals surface area contributed by atoms with Gasteiger partial charge in [-0.3, -0.25) is 4.79 Å². The number of carbonyl (C=O) groups is 1. The van der Waals surface area contributed by atoms with Crippen LogP contribution in [0.4, 0.5) is 0 Å². The van der Waals surface area contributed by atoms with E-state index < -0.39 is 11.9 Å². The molecule has 0 saturated heterocycles. The fourth-order valence-electron chi connectivity index (χ4n) is 0.598. The van der Waals surface area contributed by atoms with Gasteiger partial charge in [-0.1, -0.05) is 0 Å². The molecule has 0 bridgehead atoms. The van der Waals surface area contributed by atoms with E-state index in [4.69, 9.17) is 20.9 Å². The first kappa shape index (κ1) is 11.4. The van der Waals surface area contributed by atoms with Crippen LogP contribution in [0, 0.1) is 0 Å². The van der Waals surface area contributed by atoms with E-state index in [1.54, 1.807) is 7.11 Å². The van der Waals surface area contributed by atoms with Crippen molar-refractivity contribution in [3.8, 4) is 0 Å². The molecule has 0 spiro atoms. The van der Waals surface area contributed by atoms with Gasteiger partial charge >= 0.3 is 0 Å². The van der Waals surface area contributed by atoms with Gasteiger partial charge in [0.25, 0.3) is 0 Å². The molecule has 0 aromatic heterocycles. The molecule has 0 aliphatic heterocycles. The molecule has 12 heavy (non-hydrogen) atoms. The van der Waals surface area contributed by atoms with Crippen LogP contribution in [0.5, 0.6) is 0 Å². The maximum atomic E-state index is 10.4. The first-order valence-electron chi connectivity index (χ1n) is 3.80. The SMILES string of the molecule is COCCCOCC(N)C(N)=O. The summed E-state index contributed by atoms with van der Waals surface area (Å²) in [5.41, 5.74) is 10.2. The largest absolute Gasteiger partial charge is 0.385 e. The van der Waals surface area contributed by atoms with Crippen LogP contribution in [0.15, 0.2) is 0 Å². The van der Waals surface area contributed by atoms with Gasteiger partial charge in [0.05, 0.1) is 6.61 Å². The minimum Gasteiger partial charge on any atom is -0.385 e. The van der Waals surface area contributed by atoms with Crippen molar-refractivity contribution in [1.82, 2.24) is 0 Å². The minimum atomic E-state index is -0.701. The predicted octanol–water partition coefficient (Wildman–Crippen LogP) is -1.15. The zero-order valence-electron chi connectivity index (χ0n) is 7.29. The molecule has 1 atom stereocenters. The molecule has 0 fully saturated rings. The van der Waals surface area contributed by atoms with E-state index in [9.17, 15) is 4.79 Å². The second kappa shape index (κ2) is 7.02. The highest BCUT2D eigenvalue weighted by Crippen LogP contribution is 1.85. The van der Waals surface area contributed by atoms with Gasteiger partial charge in [-0.15, -0.1) is 0 Å². The number of hydrogen-bond donors (Lipinski definition) is 2. The average Bonchev–Trinajstić information content (AvgIpc) is 2.03. The molecule has 0 aliphatic carbocycles. The van der Waals surface area contributed by atoms with Crippen LogP contribution in [-0.2, 0) is 14.3 Å². The van der Waals surface area contributed by atoms with Gasteiger partial charge in [-0.25, -0.2) is 0 Å². The smallest absolute Gasteiger partial charge is 0.236 e. The molecule has 1 amide bonds. The van der Waals surface area contributed by atoms with Crippen LogP contribution < -0.4 is 11.5 Å². The summed E-state index contributed by atoms with van der Waals surface area (Å²) in [5, 5.41) is 0. The normalized spacial score (nSPS) is 12.8. The lowest BCUT2D eigenvalue weighted by atomic mass is 10.3. The van der Waals surface area contributed by atoms with Gasteiger partial charge in [0, 0.05) is 20.3 Å². The Morgan fingerprint density at radius 3 is 2.67 bits per heavy atom. The molecule has 0 radical (unpaired) electrons. The Hall–Kier alpha value is -0.650. The first-order chi connectivity index (χ1) is 5.68. The second-order valence-corrected chi connectivity index (χ2v) is 2.43. The highest BCUT2D eigenvalue weighted by Gasteiger charge is 2.07. The molecular weight excluding hydrogens is 160 g/mol. The highest BCUT2D eigenvalue weighted by atomic mass is 16.5. The molecular formula is C7H16N2O3. The van der Waals surface area contributed by atoms with Crippen molar-refractivity contribution in [3.05, 3.63) is 0 Å². The summed E-state index contributed by atoms with van der Waals surface area (Å²) in [4.78, 5) is 10.4. The Kier molecular flexibility index (Phi) is 6.64. The lowest BCUT2D eigenvalue weighted by molar-refractivity contribution is -0.120. The third-order valence-corrected chi connectivity index (χ3v) is 1.30. The van der Waals surface area contributed by atoms with Crippen molar-refractivity contribution < 1.29 is 14.3 Å². The first-order valence-corrected chi connectivity index (χ1v) is 3.80. The van der Waals surface area contributed by atoms with Crippen molar-refractivity contribution in [2.75, 3.05) is 26.9 Å². The van der Waals surface area contributed by atoms with Gasteiger partial charge in [0.15, 0.2) is 0 Å². The van der Waals surface area contributed by atoms with E-state index in [2.05, 4.69) is 0 Å². The Balaban J connectivity index is 3.14. The van der Waals surface area contributed by atoms with Crippen LogP contribution >= 0.6 is 0 Å². The zero-order chi connectivity index (χ0) is 9.40. The van der Waals surface area contributed by atoms with Gasteiger partial charge in [0.2, 0.25) is 5.91 Å². The quantitative estimate of drug-likeness (QED) is 0.479. The number of hydrogen-bond acceptors (Lipinski definition) is 4.